The Labute approximate surface area is 120 Å². The number of ether oxygens (including phenoxy) is 1. The van der Waals surface area contributed by atoms with Gasteiger partial charge in [-0.3, -0.25) is 4.79 Å². The van der Waals surface area contributed by atoms with E-state index >= 15 is 0 Å². The van der Waals surface area contributed by atoms with Crippen molar-refractivity contribution in [3.63, 3.8) is 0 Å². The summed E-state index contributed by atoms with van der Waals surface area (Å²) in [4.78, 5) is 33.7. The second kappa shape index (κ2) is 5.92. The van der Waals surface area contributed by atoms with Crippen LogP contribution >= 0.6 is 0 Å². The zero-order chi connectivity index (χ0) is 15.6. The number of anilines is 1. The van der Waals surface area contributed by atoms with Crippen LogP contribution in [-0.4, -0.2) is 40.3 Å². The standard InChI is InChI=1S/C14H15NO6/c1-7-2-3-8(13(17)18)6-9(7)15-12(16)10-4-5-11(21-10)14(19)20/h2-3,6,10-11H,4-5H2,1H3,(H,15,16)(H,17,18)(H,19,20). The molecular weight excluding hydrogens is 278 g/mol. The number of nitrogens with one attached hydrogen (secondary N) is 1. The van der Waals surface area contributed by atoms with Crippen LogP contribution in [0.3, 0.4) is 0 Å². The summed E-state index contributed by atoms with van der Waals surface area (Å²) in [5, 5.41) is 20.3. The van der Waals surface area contributed by atoms with Crippen LogP contribution in [0.1, 0.15) is 28.8 Å². The lowest BCUT2D eigenvalue weighted by atomic mass is 10.1. The molecule has 7 nitrogen and oxygen atoms in total. The molecule has 2 unspecified atom stereocenters. The molecule has 0 radical (unpaired) electrons. The van der Waals surface area contributed by atoms with Crippen molar-refractivity contribution < 1.29 is 29.3 Å². The molecule has 0 saturated carbocycles. The van der Waals surface area contributed by atoms with Crippen molar-refractivity contribution >= 4 is 23.5 Å². The maximum atomic E-state index is 12.0. The maximum Gasteiger partial charge on any atom is 0.335 e. The van der Waals surface area contributed by atoms with Gasteiger partial charge in [-0.25, -0.2) is 9.59 Å². The molecule has 2 rings (SSSR count). The lowest BCUT2D eigenvalue weighted by Crippen LogP contribution is -2.30. The van der Waals surface area contributed by atoms with Crippen molar-refractivity contribution in [3.8, 4) is 0 Å². The summed E-state index contributed by atoms with van der Waals surface area (Å²) in [5.74, 6) is -2.65. The predicted molar refractivity (Wildman–Crippen MR) is 72.3 cm³/mol. The van der Waals surface area contributed by atoms with E-state index in [1.807, 2.05) is 0 Å². The first kappa shape index (κ1) is 15.0. The minimum atomic E-state index is -1.09. The number of hydrogen-bond donors (Lipinski definition) is 3. The van der Waals surface area contributed by atoms with Gasteiger partial charge < -0.3 is 20.3 Å². The Kier molecular flexibility index (Phi) is 4.23. The molecule has 1 amide bonds. The number of carboxylic acid groups (broad SMARTS) is 2. The summed E-state index contributed by atoms with van der Waals surface area (Å²) in [6.07, 6.45) is -1.20. The number of carbonyl (C=O) groups excluding carboxylic acids is 1. The number of aromatic carboxylic acids is 1. The lowest BCUT2D eigenvalue weighted by molar-refractivity contribution is -0.150. The number of amides is 1. The number of hydrogen-bond acceptors (Lipinski definition) is 4. The molecule has 0 aliphatic carbocycles. The summed E-state index contributed by atoms with van der Waals surface area (Å²) < 4.78 is 5.15. The maximum absolute atomic E-state index is 12.0. The van der Waals surface area contributed by atoms with Crippen LogP contribution in [0.5, 0.6) is 0 Å². The van der Waals surface area contributed by atoms with Crippen molar-refractivity contribution in [1.29, 1.82) is 0 Å². The largest absolute Gasteiger partial charge is 0.479 e. The lowest BCUT2D eigenvalue weighted by Gasteiger charge is -2.13. The molecule has 3 N–H and O–H groups in total. The van der Waals surface area contributed by atoms with Crippen molar-refractivity contribution in [2.45, 2.75) is 32.0 Å². The molecule has 112 valence electrons. The smallest absolute Gasteiger partial charge is 0.335 e. The van der Waals surface area contributed by atoms with E-state index in [-0.39, 0.29) is 12.0 Å². The van der Waals surface area contributed by atoms with Gasteiger partial charge in [0.1, 0.15) is 6.10 Å². The van der Waals surface area contributed by atoms with Crippen LogP contribution in [0, 0.1) is 6.92 Å². The third-order valence-corrected chi connectivity index (χ3v) is 3.33. The second-order valence-electron chi connectivity index (χ2n) is 4.85. The number of carbonyl (C=O) groups is 3. The first-order valence-electron chi connectivity index (χ1n) is 6.41. The molecule has 0 spiro atoms. The highest BCUT2D eigenvalue weighted by atomic mass is 16.5. The molecule has 1 aliphatic heterocycles. The highest BCUT2D eigenvalue weighted by molar-refractivity contribution is 5.97. The van der Waals surface area contributed by atoms with Crippen LogP contribution in [0.15, 0.2) is 18.2 Å². The van der Waals surface area contributed by atoms with Crippen molar-refractivity contribution in [1.82, 2.24) is 0 Å². The minimum Gasteiger partial charge on any atom is -0.479 e. The third kappa shape index (κ3) is 3.38. The molecule has 2 atom stereocenters. The van der Waals surface area contributed by atoms with Crippen molar-refractivity contribution in [2.75, 3.05) is 5.32 Å². The fraction of sp³-hybridized carbons (Fsp3) is 0.357. The van der Waals surface area contributed by atoms with Gasteiger partial charge >= 0.3 is 11.9 Å². The minimum absolute atomic E-state index is 0.0617. The normalized spacial score (nSPS) is 21.0. The Morgan fingerprint density at radius 3 is 2.43 bits per heavy atom. The Morgan fingerprint density at radius 1 is 1.19 bits per heavy atom. The van der Waals surface area contributed by atoms with Crippen LogP contribution in [0.4, 0.5) is 5.69 Å². The van der Waals surface area contributed by atoms with Gasteiger partial charge in [0.15, 0.2) is 6.10 Å². The molecule has 1 aromatic carbocycles. The van der Waals surface area contributed by atoms with E-state index in [0.717, 1.165) is 0 Å². The predicted octanol–water partition coefficient (Wildman–Crippen LogP) is 1.26. The van der Waals surface area contributed by atoms with Crippen LogP contribution in [0.25, 0.3) is 0 Å². The zero-order valence-electron chi connectivity index (χ0n) is 11.3. The number of rotatable bonds is 4. The van der Waals surface area contributed by atoms with Gasteiger partial charge in [-0.05, 0) is 37.5 Å². The first-order chi connectivity index (χ1) is 9.88. The molecular formula is C14H15NO6. The van der Waals surface area contributed by atoms with E-state index in [2.05, 4.69) is 5.32 Å². The Balaban J connectivity index is 2.08. The fourth-order valence-electron chi connectivity index (χ4n) is 2.11. The average Bonchev–Trinajstić information content (AvgIpc) is 2.90. The third-order valence-electron chi connectivity index (χ3n) is 3.33. The van der Waals surface area contributed by atoms with E-state index in [9.17, 15) is 14.4 Å². The number of benzene rings is 1. The molecule has 1 aromatic rings. The molecule has 0 aromatic heterocycles. The Bertz CT molecular complexity index is 597. The van der Waals surface area contributed by atoms with Gasteiger partial charge in [0, 0.05) is 5.69 Å². The summed E-state index contributed by atoms with van der Waals surface area (Å²) in [6.45, 7) is 1.73. The van der Waals surface area contributed by atoms with Gasteiger partial charge in [-0.1, -0.05) is 6.07 Å². The molecule has 0 bridgehead atoms. The summed E-state index contributed by atoms with van der Waals surface area (Å²) >= 11 is 0. The van der Waals surface area contributed by atoms with Crippen LogP contribution < -0.4 is 5.32 Å². The van der Waals surface area contributed by atoms with E-state index in [1.54, 1.807) is 13.0 Å². The first-order valence-corrected chi connectivity index (χ1v) is 6.41. The molecule has 1 fully saturated rings. The quantitative estimate of drug-likeness (QED) is 0.770. The van der Waals surface area contributed by atoms with E-state index < -0.39 is 30.1 Å². The highest BCUT2D eigenvalue weighted by Gasteiger charge is 2.34. The number of aliphatic carboxylic acids is 1. The fourth-order valence-corrected chi connectivity index (χ4v) is 2.11. The molecule has 7 heteroatoms. The molecule has 1 aliphatic rings. The second-order valence-corrected chi connectivity index (χ2v) is 4.85. The number of carboxylic acids is 2. The van der Waals surface area contributed by atoms with Gasteiger partial charge in [-0.2, -0.15) is 0 Å². The Morgan fingerprint density at radius 2 is 1.86 bits per heavy atom. The highest BCUT2D eigenvalue weighted by Crippen LogP contribution is 2.23. The average molecular weight is 293 g/mol. The van der Waals surface area contributed by atoms with Crippen molar-refractivity contribution in [2.24, 2.45) is 0 Å². The van der Waals surface area contributed by atoms with E-state index in [1.165, 1.54) is 12.1 Å². The van der Waals surface area contributed by atoms with Gasteiger partial charge in [-0.15, -0.1) is 0 Å². The van der Waals surface area contributed by atoms with E-state index in [4.69, 9.17) is 14.9 Å². The zero-order valence-corrected chi connectivity index (χ0v) is 11.3. The van der Waals surface area contributed by atoms with Gasteiger partial charge in [0.2, 0.25) is 0 Å². The topological polar surface area (TPSA) is 113 Å². The summed E-state index contributed by atoms with van der Waals surface area (Å²) in [7, 11) is 0. The monoisotopic (exact) mass is 293 g/mol. The summed E-state index contributed by atoms with van der Waals surface area (Å²) in [6, 6.07) is 4.40. The van der Waals surface area contributed by atoms with Gasteiger partial charge in [0.05, 0.1) is 5.56 Å². The number of aryl methyl sites for hydroxylation is 1. The SMILES string of the molecule is Cc1ccc(C(=O)O)cc1NC(=O)C1CCC(C(=O)O)O1. The van der Waals surface area contributed by atoms with Crippen LogP contribution in [-0.2, 0) is 14.3 Å². The molecule has 1 saturated heterocycles. The summed E-state index contributed by atoms with van der Waals surface area (Å²) in [5.41, 5.74) is 1.15. The van der Waals surface area contributed by atoms with Crippen molar-refractivity contribution in [3.05, 3.63) is 29.3 Å². The van der Waals surface area contributed by atoms with Gasteiger partial charge in [0.25, 0.3) is 5.91 Å². The molecule has 21 heavy (non-hydrogen) atoms. The van der Waals surface area contributed by atoms with Crippen LogP contribution in [0.2, 0.25) is 0 Å². The van der Waals surface area contributed by atoms with E-state index in [0.29, 0.717) is 17.7 Å². The Hall–Kier alpha value is -2.41. The molecule has 1 heterocycles.